The van der Waals surface area contributed by atoms with Crippen molar-refractivity contribution in [2.75, 3.05) is 38.1 Å². The van der Waals surface area contributed by atoms with Crippen LogP contribution in [-0.2, 0) is 6.54 Å². The summed E-state index contributed by atoms with van der Waals surface area (Å²) in [7, 11) is 3.22. The van der Waals surface area contributed by atoms with E-state index in [1.54, 1.807) is 20.4 Å². The lowest BCUT2D eigenvalue weighted by Crippen LogP contribution is -2.15. The third-order valence-corrected chi connectivity index (χ3v) is 4.28. The van der Waals surface area contributed by atoms with Crippen molar-refractivity contribution in [2.24, 2.45) is 0 Å². The van der Waals surface area contributed by atoms with Gasteiger partial charge >= 0.3 is 0 Å². The zero-order valence-corrected chi connectivity index (χ0v) is 16.1. The van der Waals surface area contributed by atoms with E-state index in [9.17, 15) is 0 Å². The fraction of sp³-hybridized carbons (Fsp3) is 0.250. The molecular weight excluding hydrogens is 374 g/mol. The molecule has 150 valence electrons. The van der Waals surface area contributed by atoms with Crippen molar-refractivity contribution in [1.29, 1.82) is 0 Å². The van der Waals surface area contributed by atoms with Gasteiger partial charge in [0.1, 0.15) is 13.2 Å². The van der Waals surface area contributed by atoms with Crippen LogP contribution >= 0.6 is 0 Å². The van der Waals surface area contributed by atoms with Crippen LogP contribution in [0, 0.1) is 0 Å². The topological polar surface area (TPSA) is 99.7 Å². The molecular formula is C20H21N5O4. The van der Waals surface area contributed by atoms with Crippen LogP contribution in [0.5, 0.6) is 23.0 Å². The Kier molecular flexibility index (Phi) is 5.46. The first kappa shape index (κ1) is 18.6. The van der Waals surface area contributed by atoms with E-state index in [0.29, 0.717) is 48.8 Å². The van der Waals surface area contributed by atoms with Gasteiger partial charge in [0, 0.05) is 18.3 Å². The van der Waals surface area contributed by atoms with Crippen molar-refractivity contribution in [2.45, 2.75) is 6.54 Å². The molecule has 0 radical (unpaired) electrons. The molecule has 1 aliphatic heterocycles. The predicted octanol–water partition coefficient (Wildman–Crippen LogP) is 3.02. The van der Waals surface area contributed by atoms with Crippen molar-refractivity contribution >= 4 is 17.5 Å². The Morgan fingerprint density at radius 1 is 0.966 bits per heavy atom. The summed E-state index contributed by atoms with van der Waals surface area (Å²) in [6.07, 6.45) is 1.57. The first-order valence-corrected chi connectivity index (χ1v) is 9.06. The number of hydrogen-bond donors (Lipinski definition) is 2. The Morgan fingerprint density at radius 2 is 1.79 bits per heavy atom. The Morgan fingerprint density at radius 3 is 2.62 bits per heavy atom. The third kappa shape index (κ3) is 4.40. The summed E-state index contributed by atoms with van der Waals surface area (Å²) >= 11 is 0. The number of benzene rings is 2. The number of nitrogens with zero attached hydrogens (tertiary/aromatic N) is 3. The van der Waals surface area contributed by atoms with Gasteiger partial charge in [-0.3, -0.25) is 0 Å². The van der Waals surface area contributed by atoms with Crippen molar-refractivity contribution in [3.8, 4) is 23.0 Å². The maximum atomic E-state index is 5.60. The van der Waals surface area contributed by atoms with Crippen LogP contribution in [0.3, 0.4) is 0 Å². The number of ether oxygens (including phenoxy) is 4. The number of aromatic nitrogens is 3. The lowest BCUT2D eigenvalue weighted by Gasteiger charge is -2.19. The summed E-state index contributed by atoms with van der Waals surface area (Å²) in [6.45, 7) is 1.63. The zero-order valence-electron chi connectivity index (χ0n) is 16.1. The van der Waals surface area contributed by atoms with E-state index >= 15 is 0 Å². The van der Waals surface area contributed by atoms with Gasteiger partial charge in [-0.15, -0.1) is 5.10 Å². The molecule has 2 heterocycles. The minimum absolute atomic E-state index is 0.374. The molecule has 2 N–H and O–H groups in total. The highest BCUT2D eigenvalue weighted by atomic mass is 16.6. The minimum atomic E-state index is 0.374. The van der Waals surface area contributed by atoms with Crippen LogP contribution in [0.1, 0.15) is 5.56 Å². The van der Waals surface area contributed by atoms with E-state index < -0.39 is 0 Å². The minimum Gasteiger partial charge on any atom is -0.493 e. The molecule has 0 unspecified atom stereocenters. The van der Waals surface area contributed by atoms with Gasteiger partial charge in [-0.05, 0) is 29.8 Å². The molecule has 0 bridgehead atoms. The van der Waals surface area contributed by atoms with E-state index in [-0.39, 0.29) is 0 Å². The SMILES string of the molecule is COc1ccc(CNc2cnnc(Nc3ccc4c(c3)OCCO4)n2)cc1OC. The molecule has 9 nitrogen and oxygen atoms in total. The highest BCUT2D eigenvalue weighted by molar-refractivity contribution is 5.60. The van der Waals surface area contributed by atoms with Crippen molar-refractivity contribution in [3.05, 3.63) is 48.2 Å². The predicted molar refractivity (Wildman–Crippen MR) is 107 cm³/mol. The average Bonchev–Trinajstić information content (AvgIpc) is 2.77. The second kappa shape index (κ2) is 8.51. The second-order valence-corrected chi connectivity index (χ2v) is 6.19. The van der Waals surface area contributed by atoms with Crippen LogP contribution in [0.15, 0.2) is 42.6 Å². The molecule has 9 heteroatoms. The van der Waals surface area contributed by atoms with E-state index in [2.05, 4.69) is 25.8 Å². The van der Waals surface area contributed by atoms with Gasteiger partial charge in [-0.1, -0.05) is 6.07 Å². The maximum Gasteiger partial charge on any atom is 0.249 e. The molecule has 3 aromatic rings. The summed E-state index contributed by atoms with van der Waals surface area (Å²) in [5.41, 5.74) is 1.80. The Hall–Kier alpha value is -3.75. The molecule has 0 fully saturated rings. The summed E-state index contributed by atoms with van der Waals surface area (Å²) in [5.74, 6) is 3.75. The molecule has 1 aliphatic rings. The van der Waals surface area contributed by atoms with Gasteiger partial charge in [-0.25, -0.2) is 0 Å². The Balaban J connectivity index is 1.42. The van der Waals surface area contributed by atoms with E-state index in [1.807, 2.05) is 36.4 Å². The van der Waals surface area contributed by atoms with Crippen LogP contribution in [0.4, 0.5) is 17.5 Å². The molecule has 0 aliphatic carbocycles. The normalized spacial score (nSPS) is 12.2. The van der Waals surface area contributed by atoms with Gasteiger partial charge in [-0.2, -0.15) is 10.1 Å². The third-order valence-electron chi connectivity index (χ3n) is 4.28. The molecule has 4 rings (SSSR count). The standard InChI is InChI=1S/C20H21N5O4/c1-26-15-5-3-13(9-17(15)27-2)11-21-19-12-22-25-20(24-19)23-14-4-6-16-18(10-14)29-8-7-28-16/h3-6,9-10,12H,7-8,11H2,1-2H3,(H2,21,23,24,25). The monoisotopic (exact) mass is 395 g/mol. The van der Waals surface area contributed by atoms with Gasteiger partial charge in [0.25, 0.3) is 0 Å². The molecule has 2 aromatic carbocycles. The number of methoxy groups -OCH3 is 2. The highest BCUT2D eigenvalue weighted by Crippen LogP contribution is 2.33. The lowest BCUT2D eigenvalue weighted by atomic mass is 10.2. The van der Waals surface area contributed by atoms with E-state index in [1.165, 1.54) is 0 Å². The first-order chi connectivity index (χ1) is 14.2. The van der Waals surface area contributed by atoms with Crippen molar-refractivity contribution < 1.29 is 18.9 Å². The van der Waals surface area contributed by atoms with Crippen molar-refractivity contribution in [3.63, 3.8) is 0 Å². The van der Waals surface area contributed by atoms with Gasteiger partial charge < -0.3 is 29.6 Å². The summed E-state index contributed by atoms with van der Waals surface area (Å²) in [4.78, 5) is 4.45. The largest absolute Gasteiger partial charge is 0.493 e. The van der Waals surface area contributed by atoms with E-state index in [4.69, 9.17) is 18.9 Å². The fourth-order valence-electron chi connectivity index (χ4n) is 2.88. The van der Waals surface area contributed by atoms with Gasteiger partial charge in [0.2, 0.25) is 5.95 Å². The lowest BCUT2D eigenvalue weighted by molar-refractivity contribution is 0.171. The molecule has 1 aromatic heterocycles. The number of hydrogen-bond acceptors (Lipinski definition) is 9. The maximum absolute atomic E-state index is 5.60. The fourth-order valence-corrected chi connectivity index (χ4v) is 2.88. The van der Waals surface area contributed by atoms with Crippen LogP contribution in [-0.4, -0.2) is 42.6 Å². The number of anilines is 3. The summed E-state index contributed by atoms with van der Waals surface area (Å²) in [6, 6.07) is 11.3. The zero-order chi connectivity index (χ0) is 20.1. The van der Waals surface area contributed by atoms with Gasteiger partial charge in [0.05, 0.1) is 20.4 Å². The molecule has 29 heavy (non-hydrogen) atoms. The summed E-state index contributed by atoms with van der Waals surface area (Å²) in [5, 5.41) is 14.4. The molecule has 0 atom stereocenters. The number of fused-ring (bicyclic) bond motifs is 1. The highest BCUT2D eigenvalue weighted by Gasteiger charge is 2.12. The molecule has 0 saturated carbocycles. The molecule has 0 saturated heterocycles. The van der Waals surface area contributed by atoms with Crippen molar-refractivity contribution in [1.82, 2.24) is 15.2 Å². The average molecular weight is 395 g/mol. The smallest absolute Gasteiger partial charge is 0.249 e. The van der Waals surface area contributed by atoms with Crippen LogP contribution in [0.2, 0.25) is 0 Å². The Labute approximate surface area is 168 Å². The van der Waals surface area contributed by atoms with E-state index in [0.717, 1.165) is 17.0 Å². The van der Waals surface area contributed by atoms with Crippen LogP contribution in [0.25, 0.3) is 0 Å². The van der Waals surface area contributed by atoms with Crippen LogP contribution < -0.4 is 29.6 Å². The molecule has 0 spiro atoms. The van der Waals surface area contributed by atoms with Gasteiger partial charge in [0.15, 0.2) is 28.8 Å². The molecule has 0 amide bonds. The summed E-state index contributed by atoms with van der Waals surface area (Å²) < 4.78 is 21.7. The quantitative estimate of drug-likeness (QED) is 0.625. The number of rotatable bonds is 7. The second-order valence-electron chi connectivity index (χ2n) is 6.19. The number of nitrogens with one attached hydrogen (secondary N) is 2. The first-order valence-electron chi connectivity index (χ1n) is 9.06. The Bertz CT molecular complexity index is 998.